The third-order valence-electron chi connectivity index (χ3n) is 0.941. The van der Waals surface area contributed by atoms with Crippen LogP contribution in [0.25, 0.3) is 0 Å². The monoisotopic (exact) mass is 192 g/mol. The third kappa shape index (κ3) is 4.79. The second-order valence-electron chi connectivity index (χ2n) is 1.87. The van der Waals surface area contributed by atoms with Gasteiger partial charge in [0.25, 0.3) is 0 Å². The largest absolute Gasteiger partial charge is 2.00 e. The zero-order chi connectivity index (χ0) is 7.49. The number of aliphatic carboxylic acids is 1. The van der Waals surface area contributed by atoms with Crippen molar-refractivity contribution in [3.8, 4) is 0 Å². The molecule has 0 aromatic rings. The first-order valence-electron chi connectivity index (χ1n) is 2.69. The molecule has 0 aromatic heterocycles. The molecule has 0 aliphatic carbocycles. The summed E-state index contributed by atoms with van der Waals surface area (Å²) in [6.45, 7) is 1.78. The van der Waals surface area contributed by atoms with Crippen LogP contribution in [0.5, 0.6) is 0 Å². The van der Waals surface area contributed by atoms with Gasteiger partial charge in [0.15, 0.2) is 0 Å². The Morgan fingerprint density at radius 3 is 2.30 bits per heavy atom. The molecule has 3 nitrogen and oxygen atoms in total. The van der Waals surface area contributed by atoms with Crippen molar-refractivity contribution in [3.63, 3.8) is 0 Å². The molecule has 0 aliphatic heterocycles. The molecule has 10 heavy (non-hydrogen) atoms. The molecule has 1 unspecified atom stereocenters. The second-order valence-corrected chi connectivity index (χ2v) is 2.61. The molecule has 0 radical (unpaired) electrons. The summed E-state index contributed by atoms with van der Waals surface area (Å²) in [5, 5.41) is 17.1. The second kappa shape index (κ2) is 5.66. The van der Waals surface area contributed by atoms with E-state index in [-0.39, 0.29) is 47.0 Å². The minimum Gasteiger partial charge on any atom is -1.00 e. The van der Waals surface area contributed by atoms with Gasteiger partial charge in [-0.05, 0) is 6.42 Å². The Bertz CT molecular complexity index is 123. The Hall–Kier alpha value is 1.04. The fourth-order valence-electron chi connectivity index (χ4n) is 0.456. The van der Waals surface area contributed by atoms with Crippen molar-refractivity contribution in [1.82, 2.24) is 0 Å². The van der Waals surface area contributed by atoms with Gasteiger partial charge in [-0.15, -0.1) is 12.6 Å². The molecule has 0 rings (SSSR count). The number of rotatable bonds is 3. The molecule has 0 saturated carbocycles. The zero-order valence-electron chi connectivity index (χ0n) is 7.87. The number of carboxylic acids is 1. The van der Waals surface area contributed by atoms with Crippen molar-refractivity contribution in [2.75, 3.05) is 0 Å². The fraction of sp³-hybridized carbons (Fsp3) is 0.800. The van der Waals surface area contributed by atoms with Crippen molar-refractivity contribution in [2.45, 2.75) is 24.7 Å². The summed E-state index contributed by atoms with van der Waals surface area (Å²) in [6.07, 6.45) is 0.776. The van der Waals surface area contributed by atoms with Crippen LogP contribution in [-0.4, -0.2) is 58.9 Å². The Morgan fingerprint density at radius 2 is 2.20 bits per heavy atom. The first-order chi connectivity index (χ1) is 4.00. The van der Waals surface area contributed by atoms with E-state index >= 15 is 0 Å². The number of hydrogen-bond acceptors (Lipinski definition) is 3. The van der Waals surface area contributed by atoms with Crippen LogP contribution in [0.15, 0.2) is 0 Å². The fourth-order valence-corrected chi connectivity index (χ4v) is 0.679. The standard InChI is InChI=1S/C5H10O3S.Ca.2H/c1-2-3-5(8,9)4(6)7;;;/h8-9H,2-3H2,1H3,(H,6,7);;;/q;+2;2*-1. The minimum atomic E-state index is -1.84. The van der Waals surface area contributed by atoms with Crippen LogP contribution in [0.2, 0.25) is 0 Å². The molecule has 0 heterocycles. The zero-order valence-corrected chi connectivity index (χ0v) is 8.97. The predicted molar refractivity (Wildman–Crippen MR) is 44.5 cm³/mol. The molecule has 58 valence electrons. The normalized spacial score (nSPS) is 15.1. The SMILES string of the molecule is CCCC(O)(S)C(=O)O.[Ca+2].[H-].[H-]. The van der Waals surface area contributed by atoms with Gasteiger partial charge in [0, 0.05) is 0 Å². The van der Waals surface area contributed by atoms with Crippen molar-refractivity contribution >= 4 is 56.3 Å². The van der Waals surface area contributed by atoms with Crippen LogP contribution >= 0.6 is 12.6 Å². The first-order valence-corrected chi connectivity index (χ1v) is 3.13. The van der Waals surface area contributed by atoms with Gasteiger partial charge >= 0.3 is 43.7 Å². The van der Waals surface area contributed by atoms with E-state index in [4.69, 9.17) is 10.2 Å². The number of aliphatic hydroxyl groups is 1. The van der Waals surface area contributed by atoms with E-state index in [1.54, 1.807) is 6.92 Å². The number of thiol groups is 1. The Labute approximate surface area is 98.2 Å². The molecular formula is C5H12CaO3S. The van der Waals surface area contributed by atoms with Crippen LogP contribution in [0, 0.1) is 0 Å². The smallest absolute Gasteiger partial charge is 1.00 e. The Kier molecular flexibility index (Phi) is 7.71. The van der Waals surface area contributed by atoms with E-state index in [1.807, 2.05) is 0 Å². The van der Waals surface area contributed by atoms with Crippen LogP contribution in [-0.2, 0) is 4.79 Å². The van der Waals surface area contributed by atoms with Crippen molar-refractivity contribution < 1.29 is 17.9 Å². The minimum absolute atomic E-state index is 0. The number of hydrogen-bond donors (Lipinski definition) is 3. The summed E-state index contributed by atoms with van der Waals surface area (Å²) in [4.78, 5) is 8.25. The quantitative estimate of drug-likeness (QED) is 0.343. The van der Waals surface area contributed by atoms with E-state index in [9.17, 15) is 4.79 Å². The summed E-state index contributed by atoms with van der Waals surface area (Å²) >= 11 is 3.52. The summed E-state index contributed by atoms with van der Waals surface area (Å²) in [7, 11) is 0. The summed E-state index contributed by atoms with van der Waals surface area (Å²) in [5.74, 6) is -1.28. The van der Waals surface area contributed by atoms with E-state index < -0.39 is 10.9 Å². The van der Waals surface area contributed by atoms with E-state index in [0.29, 0.717) is 6.42 Å². The molecule has 2 N–H and O–H groups in total. The molecule has 0 bridgehead atoms. The van der Waals surface area contributed by atoms with Gasteiger partial charge in [0.2, 0.25) is 4.93 Å². The van der Waals surface area contributed by atoms with Crippen molar-refractivity contribution in [3.05, 3.63) is 0 Å². The van der Waals surface area contributed by atoms with Gasteiger partial charge in [-0.2, -0.15) is 0 Å². The van der Waals surface area contributed by atoms with Crippen molar-refractivity contribution in [1.29, 1.82) is 0 Å². The maximum Gasteiger partial charge on any atom is 2.00 e. The third-order valence-corrected chi connectivity index (χ3v) is 1.36. The molecule has 5 heteroatoms. The van der Waals surface area contributed by atoms with Crippen LogP contribution < -0.4 is 0 Å². The average Bonchev–Trinajstić information content (AvgIpc) is 1.65. The number of carboxylic acid groups (broad SMARTS) is 1. The van der Waals surface area contributed by atoms with Gasteiger partial charge < -0.3 is 13.1 Å². The van der Waals surface area contributed by atoms with E-state index in [1.165, 1.54) is 0 Å². The summed E-state index contributed by atoms with van der Waals surface area (Å²) in [6, 6.07) is 0. The maximum atomic E-state index is 10.1. The number of carbonyl (C=O) groups is 1. The van der Waals surface area contributed by atoms with Gasteiger partial charge in [-0.25, -0.2) is 4.79 Å². The molecule has 0 amide bonds. The van der Waals surface area contributed by atoms with Crippen LogP contribution in [0.3, 0.4) is 0 Å². The first kappa shape index (κ1) is 13.6. The molecule has 0 aromatic carbocycles. The van der Waals surface area contributed by atoms with Gasteiger partial charge in [-0.3, -0.25) is 0 Å². The maximum absolute atomic E-state index is 10.1. The molecular weight excluding hydrogens is 180 g/mol. The average molecular weight is 192 g/mol. The molecule has 0 fully saturated rings. The Morgan fingerprint density at radius 1 is 1.80 bits per heavy atom. The van der Waals surface area contributed by atoms with E-state index in [2.05, 4.69) is 12.6 Å². The van der Waals surface area contributed by atoms with Crippen LogP contribution in [0.4, 0.5) is 0 Å². The molecule has 0 saturated heterocycles. The topological polar surface area (TPSA) is 57.5 Å². The van der Waals surface area contributed by atoms with E-state index in [0.717, 1.165) is 0 Å². The van der Waals surface area contributed by atoms with Gasteiger partial charge in [0.05, 0.1) is 0 Å². The summed E-state index contributed by atoms with van der Waals surface area (Å²) in [5.41, 5.74) is 0. The van der Waals surface area contributed by atoms with Gasteiger partial charge in [0.1, 0.15) is 0 Å². The van der Waals surface area contributed by atoms with Crippen LogP contribution in [0.1, 0.15) is 22.6 Å². The molecule has 0 spiro atoms. The van der Waals surface area contributed by atoms with Crippen molar-refractivity contribution in [2.24, 2.45) is 0 Å². The Balaban J connectivity index is -0.000000107. The predicted octanol–water partition coefficient (Wildman–Crippen LogP) is 0.334. The summed E-state index contributed by atoms with van der Waals surface area (Å²) < 4.78 is 0. The molecule has 0 aliphatic rings. The van der Waals surface area contributed by atoms with Gasteiger partial charge in [-0.1, -0.05) is 13.3 Å². The molecule has 1 atom stereocenters.